The van der Waals surface area contributed by atoms with E-state index in [1.807, 2.05) is 0 Å². The molecule has 8 heteroatoms. The van der Waals surface area contributed by atoms with Crippen LogP contribution >= 0.6 is 0 Å². The van der Waals surface area contributed by atoms with Crippen molar-refractivity contribution in [2.24, 2.45) is 0 Å². The maximum Gasteiger partial charge on any atom is 0.340 e. The van der Waals surface area contributed by atoms with Gasteiger partial charge in [0.25, 0.3) is 0 Å². The lowest BCUT2D eigenvalue weighted by molar-refractivity contribution is -0.120. The number of fused-ring (bicyclic) bond motifs is 1. The molecular formula is C13H18N6O2. The fourth-order valence-electron chi connectivity index (χ4n) is 2.66. The lowest BCUT2D eigenvalue weighted by Crippen LogP contribution is -2.25. The van der Waals surface area contributed by atoms with Crippen molar-refractivity contribution in [1.29, 1.82) is 0 Å². The standard InChI is InChI=1S/C13H18N6O2/c20-12(6-11-15-13(21)19-18-11)14-7-10-8-4-2-1-3-5-9(8)16-17-10/h1-7H2,(H,14,20)(H,16,17)(H2,15,18,19,21). The van der Waals surface area contributed by atoms with Crippen LogP contribution in [0.1, 0.15) is 42.0 Å². The molecule has 1 aliphatic rings. The largest absolute Gasteiger partial charge is 0.350 e. The summed E-state index contributed by atoms with van der Waals surface area (Å²) in [7, 11) is 0. The van der Waals surface area contributed by atoms with Crippen LogP contribution in [0.15, 0.2) is 4.79 Å². The molecule has 112 valence electrons. The molecule has 1 aliphatic carbocycles. The van der Waals surface area contributed by atoms with Crippen LogP contribution in [0, 0.1) is 0 Å². The number of aromatic nitrogens is 5. The number of nitrogens with one attached hydrogen (secondary N) is 4. The highest BCUT2D eigenvalue weighted by Gasteiger charge is 2.16. The number of carbonyl (C=O) groups is 1. The van der Waals surface area contributed by atoms with Crippen LogP contribution in [0.2, 0.25) is 0 Å². The maximum atomic E-state index is 11.8. The average Bonchev–Trinajstić information content (AvgIpc) is 2.96. The van der Waals surface area contributed by atoms with Gasteiger partial charge in [-0.05, 0) is 31.2 Å². The van der Waals surface area contributed by atoms with Crippen molar-refractivity contribution >= 4 is 5.91 Å². The first-order valence-electron chi connectivity index (χ1n) is 7.17. The van der Waals surface area contributed by atoms with Gasteiger partial charge in [-0.1, -0.05) is 6.42 Å². The van der Waals surface area contributed by atoms with Gasteiger partial charge in [-0.15, -0.1) is 0 Å². The van der Waals surface area contributed by atoms with E-state index in [4.69, 9.17) is 0 Å². The molecule has 0 bridgehead atoms. The maximum absolute atomic E-state index is 11.8. The number of H-pyrrole nitrogens is 3. The summed E-state index contributed by atoms with van der Waals surface area (Å²) in [6.45, 7) is 0.402. The molecule has 1 amide bonds. The van der Waals surface area contributed by atoms with Crippen LogP contribution in [0.5, 0.6) is 0 Å². The summed E-state index contributed by atoms with van der Waals surface area (Å²) < 4.78 is 0. The molecular weight excluding hydrogens is 272 g/mol. The average molecular weight is 290 g/mol. The second kappa shape index (κ2) is 5.94. The predicted octanol–water partition coefficient (Wildman–Crippen LogP) is -0.0511. The van der Waals surface area contributed by atoms with Gasteiger partial charge in [-0.2, -0.15) is 10.2 Å². The van der Waals surface area contributed by atoms with Crippen molar-refractivity contribution in [2.45, 2.75) is 45.1 Å². The van der Waals surface area contributed by atoms with Crippen molar-refractivity contribution in [3.8, 4) is 0 Å². The van der Waals surface area contributed by atoms with Crippen molar-refractivity contribution < 1.29 is 4.79 Å². The van der Waals surface area contributed by atoms with Crippen molar-refractivity contribution in [2.75, 3.05) is 0 Å². The summed E-state index contributed by atoms with van der Waals surface area (Å²) in [5.41, 5.74) is 2.96. The van der Waals surface area contributed by atoms with Gasteiger partial charge in [-0.3, -0.25) is 14.9 Å². The van der Waals surface area contributed by atoms with E-state index in [1.165, 1.54) is 30.5 Å². The summed E-state index contributed by atoms with van der Waals surface area (Å²) in [5, 5.41) is 16.1. The smallest absolute Gasteiger partial charge is 0.340 e. The van der Waals surface area contributed by atoms with Crippen molar-refractivity contribution in [3.05, 3.63) is 33.3 Å². The minimum Gasteiger partial charge on any atom is -0.350 e. The molecule has 0 fully saturated rings. The van der Waals surface area contributed by atoms with Gasteiger partial charge in [0.2, 0.25) is 5.91 Å². The Hall–Kier alpha value is -2.38. The third-order valence-electron chi connectivity index (χ3n) is 3.72. The van der Waals surface area contributed by atoms with E-state index in [1.54, 1.807) is 0 Å². The zero-order valence-electron chi connectivity index (χ0n) is 11.7. The second-order valence-electron chi connectivity index (χ2n) is 5.27. The Kier molecular flexibility index (Phi) is 3.85. The van der Waals surface area contributed by atoms with Crippen LogP contribution in [0.3, 0.4) is 0 Å². The summed E-state index contributed by atoms with van der Waals surface area (Å²) in [5.74, 6) is 0.140. The molecule has 0 saturated heterocycles. The van der Waals surface area contributed by atoms with Crippen LogP contribution in [0.4, 0.5) is 0 Å². The van der Waals surface area contributed by atoms with Crippen molar-refractivity contribution in [1.82, 2.24) is 30.7 Å². The molecule has 0 aromatic carbocycles. The number of hydrogen-bond acceptors (Lipinski definition) is 4. The SMILES string of the molecule is O=C(Cc1n[nH]c(=O)[nH]1)NCc1n[nH]c2c1CCCCC2. The molecule has 0 aliphatic heterocycles. The van der Waals surface area contributed by atoms with Gasteiger partial charge in [-0.25, -0.2) is 9.89 Å². The molecule has 4 N–H and O–H groups in total. The van der Waals surface area contributed by atoms with Crippen molar-refractivity contribution in [3.63, 3.8) is 0 Å². The summed E-state index contributed by atoms with van der Waals surface area (Å²) in [6.07, 6.45) is 5.69. The third-order valence-corrected chi connectivity index (χ3v) is 3.72. The Balaban J connectivity index is 1.59. The molecule has 0 unspecified atom stereocenters. The minimum absolute atomic E-state index is 0.0470. The third kappa shape index (κ3) is 3.21. The molecule has 8 nitrogen and oxygen atoms in total. The Bertz CT molecular complexity index is 683. The molecule has 2 aromatic rings. The quantitative estimate of drug-likeness (QED) is 0.590. The highest BCUT2D eigenvalue weighted by Crippen LogP contribution is 2.21. The Labute approximate surface area is 120 Å². The first kappa shape index (κ1) is 13.6. The Morgan fingerprint density at radius 2 is 2.00 bits per heavy atom. The van der Waals surface area contributed by atoms with E-state index in [-0.39, 0.29) is 12.3 Å². The Morgan fingerprint density at radius 1 is 1.14 bits per heavy atom. The zero-order valence-corrected chi connectivity index (χ0v) is 11.7. The van der Waals surface area contributed by atoms with Gasteiger partial charge in [0.1, 0.15) is 5.82 Å². The summed E-state index contributed by atoms with van der Waals surface area (Å²) in [6, 6.07) is 0. The highest BCUT2D eigenvalue weighted by atomic mass is 16.2. The van der Waals surface area contributed by atoms with Gasteiger partial charge in [0.15, 0.2) is 0 Å². The normalized spacial score (nSPS) is 14.5. The van der Waals surface area contributed by atoms with Gasteiger partial charge >= 0.3 is 5.69 Å². The van der Waals surface area contributed by atoms with Gasteiger partial charge < -0.3 is 5.32 Å². The number of aromatic amines is 3. The second-order valence-corrected chi connectivity index (χ2v) is 5.27. The van der Waals surface area contributed by atoms with Crippen LogP contribution in [-0.2, 0) is 30.6 Å². The van der Waals surface area contributed by atoms with Crippen LogP contribution in [-0.4, -0.2) is 31.3 Å². The monoisotopic (exact) mass is 290 g/mol. The number of rotatable bonds is 4. The molecule has 2 aromatic heterocycles. The highest BCUT2D eigenvalue weighted by molar-refractivity contribution is 5.77. The van der Waals surface area contributed by atoms with E-state index < -0.39 is 5.69 Å². The summed E-state index contributed by atoms with van der Waals surface area (Å²) in [4.78, 5) is 25.2. The first-order chi connectivity index (χ1) is 10.2. The zero-order chi connectivity index (χ0) is 14.7. The number of hydrogen-bond donors (Lipinski definition) is 4. The van der Waals surface area contributed by atoms with E-state index in [2.05, 4.69) is 30.7 Å². The van der Waals surface area contributed by atoms with E-state index in [0.717, 1.165) is 18.5 Å². The molecule has 0 radical (unpaired) electrons. The molecule has 0 spiro atoms. The topological polar surface area (TPSA) is 119 Å². The van der Waals surface area contributed by atoms with E-state index in [0.29, 0.717) is 12.4 Å². The number of amides is 1. The molecule has 21 heavy (non-hydrogen) atoms. The van der Waals surface area contributed by atoms with Gasteiger partial charge in [0, 0.05) is 5.69 Å². The lowest BCUT2D eigenvalue weighted by atomic mass is 10.1. The predicted molar refractivity (Wildman–Crippen MR) is 74.6 cm³/mol. The molecule has 3 rings (SSSR count). The fourth-order valence-corrected chi connectivity index (χ4v) is 2.66. The number of nitrogens with zero attached hydrogens (tertiary/aromatic N) is 2. The molecule has 0 atom stereocenters. The van der Waals surface area contributed by atoms with Crippen LogP contribution < -0.4 is 11.0 Å². The molecule has 0 saturated carbocycles. The van der Waals surface area contributed by atoms with E-state index >= 15 is 0 Å². The number of aryl methyl sites for hydroxylation is 1. The number of carbonyl (C=O) groups excluding carboxylic acids is 1. The summed E-state index contributed by atoms with van der Waals surface area (Å²) >= 11 is 0. The van der Waals surface area contributed by atoms with E-state index in [9.17, 15) is 9.59 Å². The minimum atomic E-state index is -0.407. The van der Waals surface area contributed by atoms with Gasteiger partial charge in [0.05, 0.1) is 18.7 Å². The first-order valence-corrected chi connectivity index (χ1v) is 7.17. The Morgan fingerprint density at radius 3 is 2.81 bits per heavy atom. The lowest BCUT2D eigenvalue weighted by Gasteiger charge is -2.04. The van der Waals surface area contributed by atoms with Crippen LogP contribution in [0.25, 0.3) is 0 Å². The molecule has 2 heterocycles. The fraction of sp³-hybridized carbons (Fsp3) is 0.538.